The molecule has 1 aliphatic rings. The standard InChI is InChI=1S/C14H18N2O4/c1-20-14(19)12-7-11(17)8-16(12)9-13(18)15-10-5-3-2-4-6-10/h2-6,11-12,17H,7-9H2,1H3,(H,15,18). The molecule has 108 valence electrons. The lowest BCUT2D eigenvalue weighted by Gasteiger charge is -2.21. The van der Waals surface area contributed by atoms with Crippen molar-refractivity contribution in [3.63, 3.8) is 0 Å². The number of para-hydroxylation sites is 1. The number of carbonyl (C=O) groups excluding carboxylic acids is 2. The van der Waals surface area contributed by atoms with E-state index in [0.717, 1.165) is 0 Å². The number of anilines is 1. The van der Waals surface area contributed by atoms with Crippen molar-refractivity contribution in [1.29, 1.82) is 0 Å². The number of hydrogen-bond donors (Lipinski definition) is 2. The molecule has 0 aliphatic carbocycles. The molecule has 1 aliphatic heterocycles. The van der Waals surface area contributed by atoms with Crippen LogP contribution in [0.5, 0.6) is 0 Å². The molecule has 0 aromatic heterocycles. The maximum absolute atomic E-state index is 11.9. The van der Waals surface area contributed by atoms with Crippen LogP contribution < -0.4 is 5.32 Å². The van der Waals surface area contributed by atoms with Crippen molar-refractivity contribution in [3.8, 4) is 0 Å². The van der Waals surface area contributed by atoms with Gasteiger partial charge in [-0.3, -0.25) is 14.5 Å². The van der Waals surface area contributed by atoms with Gasteiger partial charge in [0.05, 0.1) is 19.8 Å². The molecular formula is C14H18N2O4. The minimum atomic E-state index is -0.608. The molecule has 0 bridgehead atoms. The second kappa shape index (κ2) is 6.49. The molecule has 20 heavy (non-hydrogen) atoms. The van der Waals surface area contributed by atoms with Crippen molar-refractivity contribution in [2.75, 3.05) is 25.5 Å². The Bertz CT molecular complexity index is 477. The van der Waals surface area contributed by atoms with Gasteiger partial charge in [-0.05, 0) is 12.1 Å². The Morgan fingerprint density at radius 2 is 2.10 bits per heavy atom. The van der Waals surface area contributed by atoms with Crippen LogP contribution in [0.4, 0.5) is 5.69 Å². The highest BCUT2D eigenvalue weighted by Gasteiger charge is 2.37. The number of amides is 1. The second-order valence-electron chi connectivity index (χ2n) is 4.77. The van der Waals surface area contributed by atoms with Gasteiger partial charge in [-0.15, -0.1) is 0 Å². The Morgan fingerprint density at radius 1 is 1.40 bits per heavy atom. The number of likely N-dealkylation sites (tertiary alicyclic amines) is 1. The average Bonchev–Trinajstić information content (AvgIpc) is 2.79. The fourth-order valence-corrected chi connectivity index (χ4v) is 2.34. The fraction of sp³-hybridized carbons (Fsp3) is 0.429. The van der Waals surface area contributed by atoms with E-state index in [1.807, 2.05) is 18.2 Å². The van der Waals surface area contributed by atoms with Gasteiger partial charge in [-0.1, -0.05) is 18.2 Å². The molecule has 1 fully saturated rings. The molecule has 1 heterocycles. The first-order valence-corrected chi connectivity index (χ1v) is 6.45. The van der Waals surface area contributed by atoms with Crippen molar-refractivity contribution in [2.24, 2.45) is 0 Å². The van der Waals surface area contributed by atoms with Crippen molar-refractivity contribution in [2.45, 2.75) is 18.6 Å². The van der Waals surface area contributed by atoms with Gasteiger partial charge in [-0.25, -0.2) is 0 Å². The summed E-state index contributed by atoms with van der Waals surface area (Å²) in [5, 5.41) is 12.4. The quantitative estimate of drug-likeness (QED) is 0.771. The first kappa shape index (κ1) is 14.5. The van der Waals surface area contributed by atoms with Crippen LogP contribution in [0.25, 0.3) is 0 Å². The molecule has 0 radical (unpaired) electrons. The van der Waals surface area contributed by atoms with Crippen LogP contribution >= 0.6 is 0 Å². The first-order valence-electron chi connectivity index (χ1n) is 6.45. The summed E-state index contributed by atoms with van der Waals surface area (Å²) < 4.78 is 4.69. The Morgan fingerprint density at radius 3 is 2.75 bits per heavy atom. The number of benzene rings is 1. The van der Waals surface area contributed by atoms with Crippen LogP contribution in [0.3, 0.4) is 0 Å². The van der Waals surface area contributed by atoms with Crippen molar-refractivity contribution < 1.29 is 19.4 Å². The number of nitrogens with zero attached hydrogens (tertiary/aromatic N) is 1. The molecule has 1 aromatic carbocycles. The zero-order chi connectivity index (χ0) is 14.5. The van der Waals surface area contributed by atoms with Crippen LogP contribution in [0.15, 0.2) is 30.3 Å². The van der Waals surface area contributed by atoms with Crippen molar-refractivity contribution >= 4 is 17.6 Å². The van der Waals surface area contributed by atoms with Gasteiger partial charge in [0.25, 0.3) is 0 Å². The minimum Gasteiger partial charge on any atom is -0.468 e. The van der Waals surface area contributed by atoms with Gasteiger partial charge >= 0.3 is 5.97 Å². The summed E-state index contributed by atoms with van der Waals surface area (Å²) in [6.07, 6.45) is -0.311. The monoisotopic (exact) mass is 278 g/mol. The van der Waals surface area contributed by atoms with Crippen LogP contribution in [-0.4, -0.2) is 54.2 Å². The highest BCUT2D eigenvalue weighted by Crippen LogP contribution is 2.19. The topological polar surface area (TPSA) is 78.9 Å². The lowest BCUT2D eigenvalue weighted by Crippen LogP contribution is -2.41. The molecule has 0 spiro atoms. The van der Waals surface area contributed by atoms with E-state index in [1.165, 1.54) is 7.11 Å². The molecule has 1 saturated heterocycles. The summed E-state index contributed by atoms with van der Waals surface area (Å²) in [6.45, 7) is 0.341. The summed E-state index contributed by atoms with van der Waals surface area (Å²) in [5.41, 5.74) is 0.701. The van der Waals surface area contributed by atoms with E-state index in [1.54, 1.807) is 17.0 Å². The third-order valence-electron chi connectivity index (χ3n) is 3.26. The molecule has 0 saturated carbocycles. The third-order valence-corrected chi connectivity index (χ3v) is 3.26. The summed E-state index contributed by atoms with van der Waals surface area (Å²) in [7, 11) is 1.30. The average molecular weight is 278 g/mol. The van der Waals surface area contributed by atoms with Crippen LogP contribution in [0.1, 0.15) is 6.42 Å². The molecule has 2 rings (SSSR count). The van der Waals surface area contributed by atoms with Crippen LogP contribution in [-0.2, 0) is 14.3 Å². The Labute approximate surface area is 117 Å². The largest absolute Gasteiger partial charge is 0.468 e. The van der Waals surface area contributed by atoms with Gasteiger partial charge in [0, 0.05) is 18.7 Å². The van der Waals surface area contributed by atoms with Crippen molar-refractivity contribution in [3.05, 3.63) is 30.3 Å². The zero-order valence-corrected chi connectivity index (χ0v) is 11.3. The number of aliphatic hydroxyl groups is 1. The molecule has 2 atom stereocenters. The minimum absolute atomic E-state index is 0.0473. The van der Waals surface area contributed by atoms with Gasteiger partial charge in [-0.2, -0.15) is 0 Å². The van der Waals surface area contributed by atoms with Gasteiger partial charge in [0.15, 0.2) is 0 Å². The zero-order valence-electron chi connectivity index (χ0n) is 11.3. The van der Waals surface area contributed by atoms with Gasteiger partial charge in [0.2, 0.25) is 5.91 Å². The van der Waals surface area contributed by atoms with E-state index in [-0.39, 0.29) is 12.5 Å². The molecule has 1 amide bonds. The maximum atomic E-state index is 11.9. The number of aliphatic hydroxyl groups excluding tert-OH is 1. The van der Waals surface area contributed by atoms with Crippen LogP contribution in [0, 0.1) is 0 Å². The number of β-amino-alcohol motifs (C(OH)–C–C–N with tert-alkyl or cyclic N) is 1. The highest BCUT2D eigenvalue weighted by atomic mass is 16.5. The molecule has 6 nitrogen and oxygen atoms in total. The summed E-state index contributed by atoms with van der Waals surface area (Å²) in [6, 6.07) is 8.53. The molecule has 6 heteroatoms. The summed E-state index contributed by atoms with van der Waals surface area (Å²) in [4.78, 5) is 25.2. The predicted octanol–water partition coefficient (Wildman–Crippen LogP) is 0.233. The predicted molar refractivity (Wildman–Crippen MR) is 73.1 cm³/mol. The molecular weight excluding hydrogens is 260 g/mol. The lowest BCUT2D eigenvalue weighted by atomic mass is 10.2. The number of hydrogen-bond acceptors (Lipinski definition) is 5. The van der Waals surface area contributed by atoms with E-state index in [4.69, 9.17) is 0 Å². The Hall–Kier alpha value is -1.92. The molecule has 2 N–H and O–H groups in total. The number of esters is 1. The van der Waals surface area contributed by atoms with E-state index in [9.17, 15) is 14.7 Å². The number of carbonyl (C=O) groups is 2. The Balaban J connectivity index is 1.94. The summed E-state index contributed by atoms with van der Waals surface area (Å²) >= 11 is 0. The Kier molecular flexibility index (Phi) is 4.70. The van der Waals surface area contributed by atoms with Crippen LogP contribution in [0.2, 0.25) is 0 Å². The number of nitrogens with one attached hydrogen (secondary N) is 1. The third kappa shape index (κ3) is 3.55. The van der Waals surface area contributed by atoms with Crippen molar-refractivity contribution in [1.82, 2.24) is 4.90 Å². The van der Waals surface area contributed by atoms with E-state index >= 15 is 0 Å². The smallest absolute Gasteiger partial charge is 0.323 e. The number of ether oxygens (including phenoxy) is 1. The maximum Gasteiger partial charge on any atom is 0.323 e. The summed E-state index contributed by atoms with van der Waals surface area (Å²) in [5.74, 6) is -0.645. The van der Waals surface area contributed by atoms with E-state index in [0.29, 0.717) is 18.7 Å². The lowest BCUT2D eigenvalue weighted by molar-refractivity contribution is -0.146. The molecule has 1 aromatic rings. The number of rotatable bonds is 4. The molecule has 2 unspecified atom stereocenters. The second-order valence-corrected chi connectivity index (χ2v) is 4.77. The van der Waals surface area contributed by atoms with Gasteiger partial charge in [0.1, 0.15) is 6.04 Å². The fourth-order valence-electron chi connectivity index (χ4n) is 2.34. The normalized spacial score (nSPS) is 22.5. The SMILES string of the molecule is COC(=O)C1CC(O)CN1CC(=O)Nc1ccccc1. The number of methoxy groups -OCH3 is 1. The van der Waals surface area contributed by atoms with E-state index in [2.05, 4.69) is 10.1 Å². The van der Waals surface area contributed by atoms with E-state index < -0.39 is 18.1 Å². The highest BCUT2D eigenvalue weighted by molar-refractivity contribution is 5.92. The first-order chi connectivity index (χ1) is 9.60. The van der Waals surface area contributed by atoms with Gasteiger partial charge < -0.3 is 15.2 Å².